The van der Waals surface area contributed by atoms with Crippen LogP contribution < -0.4 is 0 Å². The van der Waals surface area contributed by atoms with Crippen LogP contribution in [-0.4, -0.2) is 36.4 Å². The molecular weight excluding hydrogens is 490 g/mol. The molecule has 202 valence electrons. The van der Waals surface area contributed by atoms with Gasteiger partial charge in [-0.25, -0.2) is 19.9 Å². The lowest BCUT2D eigenvalue weighted by Crippen LogP contribution is -2.34. The standard InChI is InChI=1S/C31H48N4P2/c1-27(2,3)23-19-22(31(36,25-32-15-13-16-33-25)26-34-17-14-18-35-26)21(24(23)28(4,5)6)20-37(29(7,8)9)30(10,11)12/h13-19,24H,20,36H2,1-12H3. The van der Waals surface area contributed by atoms with Crippen molar-refractivity contribution in [2.45, 2.75) is 98.6 Å². The van der Waals surface area contributed by atoms with Gasteiger partial charge in [-0.05, 0) is 45.0 Å². The Labute approximate surface area is 229 Å². The fourth-order valence-corrected chi connectivity index (χ4v) is 10.1. The maximum Gasteiger partial charge on any atom is 0.150 e. The van der Waals surface area contributed by atoms with Crippen molar-refractivity contribution in [2.24, 2.45) is 16.7 Å². The van der Waals surface area contributed by atoms with Gasteiger partial charge in [-0.15, -0.1) is 9.24 Å². The van der Waals surface area contributed by atoms with Crippen LogP contribution in [0.5, 0.6) is 0 Å². The maximum absolute atomic E-state index is 4.79. The van der Waals surface area contributed by atoms with E-state index in [0.717, 1.165) is 6.16 Å². The molecule has 2 aromatic rings. The van der Waals surface area contributed by atoms with Gasteiger partial charge < -0.3 is 0 Å². The topological polar surface area (TPSA) is 51.6 Å². The van der Waals surface area contributed by atoms with Crippen LogP contribution in [0.3, 0.4) is 0 Å². The number of hydrogen-bond donors (Lipinski definition) is 0. The molecule has 6 heteroatoms. The Balaban J connectivity index is 2.45. The van der Waals surface area contributed by atoms with Crippen molar-refractivity contribution in [1.82, 2.24) is 19.9 Å². The highest BCUT2D eigenvalue weighted by Crippen LogP contribution is 2.64. The molecule has 1 aliphatic carbocycles. The van der Waals surface area contributed by atoms with Gasteiger partial charge in [-0.1, -0.05) is 108 Å². The summed E-state index contributed by atoms with van der Waals surface area (Å²) in [6.45, 7) is 28.7. The minimum absolute atomic E-state index is 0.0117. The lowest BCUT2D eigenvalue weighted by Gasteiger charge is -2.45. The smallest absolute Gasteiger partial charge is 0.150 e. The average Bonchev–Trinajstić information content (AvgIpc) is 3.17. The Hall–Kier alpha value is -1.50. The molecule has 0 aliphatic heterocycles. The fraction of sp³-hybridized carbons (Fsp3) is 0.613. The van der Waals surface area contributed by atoms with Crippen molar-refractivity contribution in [1.29, 1.82) is 0 Å². The summed E-state index contributed by atoms with van der Waals surface area (Å²) in [5.41, 5.74) is 4.29. The summed E-state index contributed by atoms with van der Waals surface area (Å²) >= 11 is 0. The first kappa shape index (κ1) is 30.0. The van der Waals surface area contributed by atoms with Crippen LogP contribution in [0.4, 0.5) is 0 Å². The lowest BCUT2D eigenvalue weighted by molar-refractivity contribution is 0.280. The molecule has 0 fully saturated rings. The highest BCUT2D eigenvalue weighted by molar-refractivity contribution is 7.61. The monoisotopic (exact) mass is 538 g/mol. The van der Waals surface area contributed by atoms with E-state index in [9.17, 15) is 0 Å². The first-order valence-corrected chi connectivity index (χ1v) is 15.5. The molecule has 0 N–H and O–H groups in total. The Morgan fingerprint density at radius 1 is 0.703 bits per heavy atom. The van der Waals surface area contributed by atoms with Crippen molar-refractivity contribution >= 4 is 17.2 Å². The van der Waals surface area contributed by atoms with Crippen LogP contribution in [-0.2, 0) is 5.16 Å². The summed E-state index contributed by atoms with van der Waals surface area (Å²) in [5.74, 6) is 1.74. The predicted molar refractivity (Wildman–Crippen MR) is 163 cm³/mol. The molecule has 0 saturated heterocycles. The van der Waals surface area contributed by atoms with E-state index < -0.39 is 5.16 Å². The Bertz CT molecular complexity index is 1090. The van der Waals surface area contributed by atoms with Crippen molar-refractivity contribution in [3.05, 3.63) is 71.4 Å². The second-order valence-electron chi connectivity index (χ2n) is 14.5. The van der Waals surface area contributed by atoms with Crippen LogP contribution >= 0.6 is 17.2 Å². The highest BCUT2D eigenvalue weighted by Gasteiger charge is 2.50. The van der Waals surface area contributed by atoms with Gasteiger partial charge in [0.2, 0.25) is 0 Å². The molecular formula is C31H48N4P2. The highest BCUT2D eigenvalue weighted by atomic mass is 31.1. The summed E-state index contributed by atoms with van der Waals surface area (Å²) in [6.07, 6.45) is 10.8. The number of hydrogen-bond acceptors (Lipinski definition) is 4. The zero-order valence-electron chi connectivity index (χ0n) is 25.1. The van der Waals surface area contributed by atoms with E-state index in [4.69, 9.17) is 19.9 Å². The molecule has 0 radical (unpaired) electrons. The van der Waals surface area contributed by atoms with Gasteiger partial charge in [0.1, 0.15) is 16.8 Å². The van der Waals surface area contributed by atoms with Gasteiger partial charge in [-0.3, -0.25) is 0 Å². The first-order chi connectivity index (χ1) is 16.8. The SMILES string of the molecule is CC(C)(C)C1=CC(C(P)(c2ncccn2)c2ncccn2)=C(CP(C(C)(C)C)C(C)(C)C)C1C(C)(C)C. The van der Waals surface area contributed by atoms with E-state index in [0.29, 0.717) is 17.6 Å². The molecule has 2 unspecified atom stereocenters. The number of rotatable bonds is 5. The minimum Gasteiger partial charge on any atom is -0.240 e. The molecule has 0 aromatic carbocycles. The van der Waals surface area contributed by atoms with Crippen molar-refractivity contribution < 1.29 is 0 Å². The summed E-state index contributed by atoms with van der Waals surface area (Å²) in [5, 5.41) is -0.339. The third-order valence-corrected chi connectivity index (χ3v) is 12.0. The third-order valence-electron chi connectivity index (χ3n) is 7.25. The molecule has 2 atom stereocenters. The zero-order chi connectivity index (χ0) is 28.0. The van der Waals surface area contributed by atoms with Crippen LogP contribution in [0.25, 0.3) is 0 Å². The van der Waals surface area contributed by atoms with Gasteiger partial charge in [0.15, 0.2) is 0 Å². The fourth-order valence-electron chi connectivity index (χ4n) is 5.85. The Morgan fingerprint density at radius 2 is 1.11 bits per heavy atom. The van der Waals surface area contributed by atoms with Crippen LogP contribution in [0.2, 0.25) is 0 Å². The molecule has 37 heavy (non-hydrogen) atoms. The summed E-state index contributed by atoms with van der Waals surface area (Å²) in [7, 11) is 2.73. The molecule has 4 nitrogen and oxygen atoms in total. The van der Waals surface area contributed by atoms with Gasteiger partial charge in [-0.2, -0.15) is 0 Å². The van der Waals surface area contributed by atoms with Crippen LogP contribution in [0.1, 0.15) is 94.7 Å². The number of allylic oxidation sites excluding steroid dienone is 4. The second kappa shape index (κ2) is 10.2. The van der Waals surface area contributed by atoms with Gasteiger partial charge in [0, 0.05) is 30.7 Å². The minimum atomic E-state index is -0.745. The average molecular weight is 539 g/mol. The number of aromatic nitrogens is 4. The summed E-state index contributed by atoms with van der Waals surface area (Å²) < 4.78 is 0. The van der Waals surface area contributed by atoms with Crippen molar-refractivity contribution in [2.75, 3.05) is 6.16 Å². The third kappa shape index (κ3) is 6.23. The quantitative estimate of drug-likeness (QED) is 0.359. The zero-order valence-corrected chi connectivity index (χ0v) is 27.2. The van der Waals surface area contributed by atoms with Crippen molar-refractivity contribution in [3.8, 4) is 0 Å². The molecule has 2 aromatic heterocycles. The van der Waals surface area contributed by atoms with Crippen LogP contribution in [0, 0.1) is 16.7 Å². The van der Waals surface area contributed by atoms with E-state index in [1.807, 2.05) is 36.9 Å². The Kier molecular flexibility index (Phi) is 8.31. The van der Waals surface area contributed by atoms with E-state index in [1.54, 1.807) is 0 Å². The molecule has 0 spiro atoms. The van der Waals surface area contributed by atoms with E-state index in [1.165, 1.54) is 16.7 Å². The molecule has 0 saturated carbocycles. The van der Waals surface area contributed by atoms with Gasteiger partial charge >= 0.3 is 0 Å². The van der Waals surface area contributed by atoms with Gasteiger partial charge in [0.25, 0.3) is 0 Å². The molecule has 2 heterocycles. The molecule has 0 bridgehead atoms. The number of nitrogens with zero attached hydrogens (tertiary/aromatic N) is 4. The van der Waals surface area contributed by atoms with E-state index in [2.05, 4.69) is 98.4 Å². The normalized spacial score (nSPS) is 18.0. The molecule has 1 aliphatic rings. The summed E-state index contributed by atoms with van der Waals surface area (Å²) in [6, 6.07) is 3.74. The van der Waals surface area contributed by atoms with Gasteiger partial charge in [0.05, 0.1) is 0 Å². The predicted octanol–water partition coefficient (Wildman–Crippen LogP) is 8.41. The lowest BCUT2D eigenvalue weighted by atomic mass is 9.67. The van der Waals surface area contributed by atoms with E-state index in [-0.39, 0.29) is 29.1 Å². The van der Waals surface area contributed by atoms with Crippen LogP contribution in [0.15, 0.2) is 59.7 Å². The maximum atomic E-state index is 4.79. The molecule has 0 amide bonds. The Morgan fingerprint density at radius 3 is 1.43 bits per heavy atom. The largest absolute Gasteiger partial charge is 0.240 e. The second-order valence-corrected chi connectivity index (χ2v) is 19.2. The first-order valence-electron chi connectivity index (χ1n) is 13.4. The molecule has 3 rings (SSSR count). The van der Waals surface area contributed by atoms with E-state index >= 15 is 0 Å². The summed E-state index contributed by atoms with van der Waals surface area (Å²) in [4.78, 5) is 19.1. The van der Waals surface area contributed by atoms with Crippen molar-refractivity contribution in [3.63, 3.8) is 0 Å².